The van der Waals surface area contributed by atoms with Crippen LogP contribution >= 0.6 is 0 Å². The van der Waals surface area contributed by atoms with Crippen LogP contribution < -0.4 is 20.1 Å². The molecule has 0 radical (unpaired) electrons. The van der Waals surface area contributed by atoms with Gasteiger partial charge in [0.05, 0.1) is 34.2 Å². The Morgan fingerprint density at radius 2 is 2.29 bits per heavy atom. The highest BCUT2D eigenvalue weighted by molar-refractivity contribution is 8.00. The van der Waals surface area contributed by atoms with Crippen molar-refractivity contribution in [2.45, 2.75) is 19.4 Å². The molecular formula is C22H25FN6O4S. The average Bonchev–Trinajstić information content (AvgIpc) is 3.44. The van der Waals surface area contributed by atoms with Crippen molar-refractivity contribution in [3.63, 3.8) is 0 Å². The first-order valence-corrected chi connectivity index (χ1v) is 12.7. The zero-order valence-corrected chi connectivity index (χ0v) is 19.4. The zero-order valence-electron chi connectivity index (χ0n) is 18.5. The molecule has 0 spiro atoms. The number of fused-ring (bicyclic) bond motifs is 1. The van der Waals surface area contributed by atoms with Gasteiger partial charge in [0, 0.05) is 42.9 Å². The Morgan fingerprint density at radius 3 is 3.06 bits per heavy atom. The van der Waals surface area contributed by atoms with Crippen LogP contribution in [0.2, 0.25) is 0 Å². The van der Waals surface area contributed by atoms with Crippen molar-refractivity contribution < 1.29 is 22.9 Å². The molecule has 1 amide bonds. The predicted octanol–water partition coefficient (Wildman–Crippen LogP) is 1.42. The summed E-state index contributed by atoms with van der Waals surface area (Å²) in [6.07, 6.45) is 3.49. The highest BCUT2D eigenvalue weighted by Crippen LogP contribution is 2.32. The van der Waals surface area contributed by atoms with E-state index in [1.807, 2.05) is 0 Å². The minimum atomic E-state index is -2.58. The first kappa shape index (κ1) is 22.6. The lowest BCUT2D eigenvalue weighted by Gasteiger charge is -2.17. The highest BCUT2D eigenvalue weighted by Gasteiger charge is 2.23. The van der Waals surface area contributed by atoms with E-state index in [1.54, 1.807) is 24.6 Å². The number of rotatable bonds is 6. The van der Waals surface area contributed by atoms with Gasteiger partial charge in [-0.15, -0.1) is 0 Å². The molecule has 0 bridgehead atoms. The third-order valence-corrected chi connectivity index (χ3v) is 7.84. The molecular weight excluding hydrogens is 463 g/mol. The Morgan fingerprint density at radius 1 is 1.41 bits per heavy atom. The molecule has 180 valence electrons. The van der Waals surface area contributed by atoms with Gasteiger partial charge in [-0.3, -0.25) is 9.52 Å². The van der Waals surface area contributed by atoms with Crippen LogP contribution in [-0.4, -0.2) is 68.2 Å². The molecule has 3 aromatic rings. The van der Waals surface area contributed by atoms with Crippen molar-refractivity contribution >= 4 is 38.0 Å². The van der Waals surface area contributed by atoms with Crippen molar-refractivity contribution in [1.29, 1.82) is 0 Å². The Labute approximate surface area is 196 Å². The minimum Gasteiger partial charge on any atom is -0.486 e. The highest BCUT2D eigenvalue weighted by atomic mass is 32.2. The van der Waals surface area contributed by atoms with E-state index in [4.69, 9.17) is 9.47 Å². The number of hydrogen-bond acceptors (Lipinski definition) is 8. The van der Waals surface area contributed by atoms with Gasteiger partial charge in [-0.05, 0) is 24.6 Å². The lowest BCUT2D eigenvalue weighted by molar-refractivity contribution is 0.0982. The summed E-state index contributed by atoms with van der Waals surface area (Å²) >= 11 is 0. The second-order valence-corrected chi connectivity index (χ2v) is 10.6. The minimum absolute atomic E-state index is 0.160. The van der Waals surface area contributed by atoms with E-state index >= 15 is 0 Å². The van der Waals surface area contributed by atoms with Crippen LogP contribution in [0.1, 0.15) is 22.3 Å². The molecule has 2 aromatic heterocycles. The van der Waals surface area contributed by atoms with E-state index in [-0.39, 0.29) is 6.10 Å². The molecule has 2 atom stereocenters. The molecule has 1 fully saturated rings. The summed E-state index contributed by atoms with van der Waals surface area (Å²) in [6.45, 7) is 3.87. The molecule has 5 rings (SSSR count). The topological polar surface area (TPSA) is 119 Å². The van der Waals surface area contributed by atoms with E-state index in [1.165, 1.54) is 23.0 Å². The van der Waals surface area contributed by atoms with E-state index in [2.05, 4.69) is 25.4 Å². The number of nitrogens with one attached hydrogen (secondary N) is 3. The number of aromatic nitrogens is 3. The smallest absolute Gasteiger partial charge is 0.264 e. The second kappa shape index (κ2) is 9.20. The van der Waals surface area contributed by atoms with Gasteiger partial charge in [-0.2, -0.15) is 5.10 Å². The zero-order chi connectivity index (χ0) is 23.7. The van der Waals surface area contributed by atoms with Crippen LogP contribution in [0.15, 0.2) is 30.7 Å². The number of anilines is 2. The molecule has 34 heavy (non-hydrogen) atoms. The third-order valence-electron chi connectivity index (χ3n) is 5.79. The lowest BCUT2D eigenvalue weighted by atomic mass is 10.2. The predicted molar refractivity (Wildman–Crippen MR) is 127 cm³/mol. The number of aryl methyl sites for hydroxylation is 1. The summed E-state index contributed by atoms with van der Waals surface area (Å²) in [5, 5.41) is 12.1. The maximum atomic E-state index is 13.9. The summed E-state index contributed by atoms with van der Waals surface area (Å²) in [5.74, 6) is 0.242. The van der Waals surface area contributed by atoms with Crippen molar-refractivity contribution in [3.8, 4) is 5.75 Å². The van der Waals surface area contributed by atoms with E-state index in [0.717, 1.165) is 6.42 Å². The summed E-state index contributed by atoms with van der Waals surface area (Å²) in [6, 6.07) is 4.21. The maximum absolute atomic E-state index is 13.9. The molecule has 0 aliphatic carbocycles. The fraction of sp³-hybridized carbons (Fsp3) is 0.364. The van der Waals surface area contributed by atoms with E-state index in [9.17, 15) is 13.4 Å². The van der Waals surface area contributed by atoms with E-state index < -0.39 is 21.4 Å². The summed E-state index contributed by atoms with van der Waals surface area (Å²) in [4.78, 5) is 17.3. The van der Waals surface area contributed by atoms with Crippen LogP contribution in [0.25, 0.3) is 5.52 Å². The van der Waals surface area contributed by atoms with Crippen LogP contribution in [0, 0.1) is 12.7 Å². The number of carbonyl (C=O) groups excluding carboxylic acids is 1. The molecule has 3 N–H and O–H groups in total. The SMILES string of the molecule is Cc1c(C(=O)NS2(=O)=CCNCC2)cn2ncnc(Nc3ccc(F)cc3OC3CCOC3)c12. The van der Waals surface area contributed by atoms with Crippen molar-refractivity contribution in [2.24, 2.45) is 0 Å². The standard InChI is InChI=1S/C22H25FN6O4S/c1-14-17(22(30)28-34(31)8-5-24-6-9-34)11-29-20(14)21(25-13-26-29)27-18-3-2-15(23)10-19(18)33-16-4-7-32-12-16/h2-3,8,10-11,13,16,24H,4-7,9,12H2,1H3,(H,25,26,27)(H,28,30,31). The molecule has 2 aliphatic heterocycles. The van der Waals surface area contributed by atoms with Gasteiger partial charge in [0.15, 0.2) is 5.82 Å². The van der Waals surface area contributed by atoms with Crippen LogP contribution in [0.3, 0.4) is 0 Å². The maximum Gasteiger partial charge on any atom is 0.264 e. The quantitative estimate of drug-likeness (QED) is 0.446. The van der Waals surface area contributed by atoms with Crippen molar-refractivity contribution in [1.82, 2.24) is 24.6 Å². The number of benzene rings is 1. The van der Waals surface area contributed by atoms with Gasteiger partial charge < -0.3 is 20.1 Å². The van der Waals surface area contributed by atoms with Gasteiger partial charge in [0.1, 0.15) is 29.5 Å². The molecule has 1 saturated heterocycles. The molecule has 1 aromatic carbocycles. The van der Waals surface area contributed by atoms with Crippen molar-refractivity contribution in [2.75, 3.05) is 37.4 Å². The Bertz CT molecular complexity index is 1360. The van der Waals surface area contributed by atoms with Gasteiger partial charge in [0.25, 0.3) is 5.91 Å². The van der Waals surface area contributed by atoms with Crippen LogP contribution in [-0.2, 0) is 14.4 Å². The van der Waals surface area contributed by atoms with Crippen LogP contribution in [0.5, 0.6) is 5.75 Å². The fourth-order valence-electron chi connectivity index (χ4n) is 4.00. The molecule has 12 heteroatoms. The van der Waals surface area contributed by atoms with Gasteiger partial charge >= 0.3 is 0 Å². The average molecular weight is 489 g/mol. The monoisotopic (exact) mass is 488 g/mol. The summed E-state index contributed by atoms with van der Waals surface area (Å²) < 4.78 is 42.4. The first-order valence-electron chi connectivity index (χ1n) is 10.9. The first-order chi connectivity index (χ1) is 16.4. The van der Waals surface area contributed by atoms with Crippen LogP contribution in [0.4, 0.5) is 15.9 Å². The molecule has 10 nitrogen and oxygen atoms in total. The Hall–Kier alpha value is -3.22. The Kier molecular flexibility index (Phi) is 6.11. The number of hydrogen-bond donors (Lipinski definition) is 3. The molecule has 2 aliphatic rings. The Balaban J connectivity index is 1.46. The molecule has 2 unspecified atom stereocenters. The number of amides is 1. The van der Waals surface area contributed by atoms with Gasteiger partial charge in [-0.25, -0.2) is 18.1 Å². The van der Waals surface area contributed by atoms with Gasteiger partial charge in [0.2, 0.25) is 0 Å². The normalized spacial score (nSPS) is 22.4. The number of carbonyl (C=O) groups is 1. The van der Waals surface area contributed by atoms with E-state index in [0.29, 0.717) is 66.0 Å². The second-order valence-electron chi connectivity index (χ2n) is 8.17. The van der Waals surface area contributed by atoms with Gasteiger partial charge in [-0.1, -0.05) is 0 Å². The third kappa shape index (κ3) is 4.56. The largest absolute Gasteiger partial charge is 0.486 e. The number of nitrogens with zero attached hydrogens (tertiary/aromatic N) is 3. The lowest BCUT2D eigenvalue weighted by Crippen LogP contribution is -2.42. The summed E-state index contributed by atoms with van der Waals surface area (Å²) in [5.41, 5.74) is 2.05. The molecule has 0 saturated carbocycles. The number of halogens is 1. The fourth-order valence-corrected chi connectivity index (χ4v) is 5.61. The number of ether oxygens (including phenoxy) is 2. The summed E-state index contributed by atoms with van der Waals surface area (Å²) in [7, 11) is -2.58. The molecule has 4 heterocycles. The van der Waals surface area contributed by atoms with Crippen molar-refractivity contribution in [3.05, 3.63) is 47.7 Å².